The predicted molar refractivity (Wildman–Crippen MR) is 108 cm³/mol. The molecular weight excluding hydrogens is 360 g/mol. The van der Waals surface area contributed by atoms with E-state index in [9.17, 15) is 8.42 Å². The Labute approximate surface area is 162 Å². The molecule has 0 aromatic heterocycles. The third-order valence-corrected chi connectivity index (χ3v) is 6.74. The van der Waals surface area contributed by atoms with Gasteiger partial charge in [0.2, 0.25) is 10.0 Å². The molecule has 6 heteroatoms. The molecule has 1 aliphatic heterocycles. The van der Waals surface area contributed by atoms with Crippen molar-refractivity contribution in [2.24, 2.45) is 0 Å². The Hall–Kier alpha value is -1.89. The molecule has 0 bridgehead atoms. The van der Waals surface area contributed by atoms with E-state index < -0.39 is 10.0 Å². The summed E-state index contributed by atoms with van der Waals surface area (Å²) in [5.41, 5.74) is 3.13. The lowest BCUT2D eigenvalue weighted by Crippen LogP contribution is -2.36. The molecule has 1 saturated heterocycles. The number of sulfonamides is 1. The van der Waals surface area contributed by atoms with E-state index in [0.717, 1.165) is 48.4 Å². The Balaban J connectivity index is 1.82. The molecule has 1 unspecified atom stereocenters. The summed E-state index contributed by atoms with van der Waals surface area (Å²) in [6.07, 6.45) is 2.29. The zero-order valence-corrected chi connectivity index (χ0v) is 17.1. The first-order chi connectivity index (χ1) is 12.9. The molecule has 5 nitrogen and oxygen atoms in total. The van der Waals surface area contributed by atoms with Crippen molar-refractivity contribution in [1.29, 1.82) is 0 Å². The number of ether oxygens (including phenoxy) is 1. The van der Waals surface area contributed by atoms with Crippen LogP contribution in [0.5, 0.6) is 5.75 Å². The second-order valence-electron chi connectivity index (χ2n) is 7.13. The van der Waals surface area contributed by atoms with E-state index in [0.29, 0.717) is 11.4 Å². The number of nitrogens with zero attached hydrogens (tertiary/aromatic N) is 1. The fraction of sp³-hybridized carbons (Fsp3) is 0.429. The van der Waals surface area contributed by atoms with Gasteiger partial charge in [0.25, 0.3) is 0 Å². The van der Waals surface area contributed by atoms with Crippen molar-refractivity contribution in [2.75, 3.05) is 26.7 Å². The number of aryl methyl sites for hydroxylation is 2. The van der Waals surface area contributed by atoms with Crippen molar-refractivity contribution in [3.8, 4) is 5.75 Å². The molecule has 3 rings (SSSR count). The minimum absolute atomic E-state index is 0.0103. The quantitative estimate of drug-likeness (QED) is 0.790. The number of methoxy groups -OCH3 is 1. The number of nitrogens with one attached hydrogen (secondary N) is 1. The van der Waals surface area contributed by atoms with Gasteiger partial charge in [-0.3, -0.25) is 4.90 Å². The molecule has 1 fully saturated rings. The summed E-state index contributed by atoms with van der Waals surface area (Å²) >= 11 is 0. The molecule has 0 spiro atoms. The van der Waals surface area contributed by atoms with E-state index in [1.54, 1.807) is 19.2 Å². The maximum Gasteiger partial charge on any atom is 0.240 e. The highest BCUT2D eigenvalue weighted by molar-refractivity contribution is 7.89. The van der Waals surface area contributed by atoms with Crippen LogP contribution in [-0.2, 0) is 10.0 Å². The molecule has 1 N–H and O–H groups in total. The van der Waals surface area contributed by atoms with Crippen molar-refractivity contribution in [2.45, 2.75) is 37.6 Å². The smallest absolute Gasteiger partial charge is 0.240 e. The Kier molecular flexibility index (Phi) is 6.19. The molecular formula is C21H28N2O3S. The molecule has 0 amide bonds. The first kappa shape index (κ1) is 19.9. The fourth-order valence-electron chi connectivity index (χ4n) is 3.51. The number of benzene rings is 2. The summed E-state index contributed by atoms with van der Waals surface area (Å²) in [5, 5.41) is 0. The molecule has 1 atom stereocenters. The van der Waals surface area contributed by atoms with Crippen LogP contribution in [0.4, 0.5) is 0 Å². The maximum atomic E-state index is 12.8. The highest BCUT2D eigenvalue weighted by atomic mass is 32.2. The van der Waals surface area contributed by atoms with E-state index in [4.69, 9.17) is 4.74 Å². The van der Waals surface area contributed by atoms with E-state index in [1.165, 1.54) is 0 Å². The SMILES string of the molecule is COc1cccc(C(CNS(=O)(=O)c2ccc(C)c(C)c2)N2CCCC2)c1. The zero-order chi connectivity index (χ0) is 19.4. The van der Waals surface area contributed by atoms with Gasteiger partial charge in [0.05, 0.1) is 12.0 Å². The van der Waals surface area contributed by atoms with Crippen molar-refractivity contribution in [3.63, 3.8) is 0 Å². The van der Waals surface area contributed by atoms with Crippen LogP contribution in [0.3, 0.4) is 0 Å². The van der Waals surface area contributed by atoms with Crippen LogP contribution in [0.2, 0.25) is 0 Å². The summed E-state index contributed by atoms with van der Waals surface area (Å²) in [6.45, 7) is 6.20. The van der Waals surface area contributed by atoms with Gasteiger partial charge in [-0.25, -0.2) is 13.1 Å². The average Bonchev–Trinajstić information content (AvgIpc) is 3.18. The topological polar surface area (TPSA) is 58.6 Å². The monoisotopic (exact) mass is 388 g/mol. The summed E-state index contributed by atoms with van der Waals surface area (Å²) in [5.74, 6) is 0.786. The third kappa shape index (κ3) is 4.69. The van der Waals surface area contributed by atoms with Gasteiger partial charge in [-0.05, 0) is 80.7 Å². The second-order valence-corrected chi connectivity index (χ2v) is 8.90. The van der Waals surface area contributed by atoms with Gasteiger partial charge in [0.15, 0.2) is 0 Å². The van der Waals surface area contributed by atoms with Crippen LogP contribution in [0, 0.1) is 13.8 Å². The summed E-state index contributed by atoms with van der Waals surface area (Å²) in [7, 11) is -1.91. The molecule has 1 heterocycles. The van der Waals surface area contributed by atoms with E-state index in [-0.39, 0.29) is 6.04 Å². The fourth-order valence-corrected chi connectivity index (χ4v) is 4.64. The van der Waals surface area contributed by atoms with Crippen molar-refractivity contribution in [1.82, 2.24) is 9.62 Å². The minimum atomic E-state index is -3.56. The predicted octanol–water partition coefficient (Wildman–Crippen LogP) is 3.43. The number of rotatable bonds is 7. The van der Waals surface area contributed by atoms with Gasteiger partial charge in [-0.1, -0.05) is 18.2 Å². The van der Waals surface area contributed by atoms with Crippen LogP contribution in [-0.4, -0.2) is 40.1 Å². The molecule has 0 aliphatic carbocycles. The lowest BCUT2D eigenvalue weighted by molar-refractivity contribution is 0.246. The van der Waals surface area contributed by atoms with Crippen molar-refractivity contribution >= 4 is 10.0 Å². The number of hydrogen-bond acceptors (Lipinski definition) is 4. The molecule has 2 aromatic rings. The molecule has 0 saturated carbocycles. The Morgan fingerprint density at radius 2 is 1.81 bits per heavy atom. The largest absolute Gasteiger partial charge is 0.497 e. The molecule has 1 aliphatic rings. The second kappa shape index (κ2) is 8.42. The summed E-state index contributed by atoms with van der Waals surface area (Å²) < 4.78 is 33.8. The van der Waals surface area contributed by atoms with Gasteiger partial charge < -0.3 is 4.74 Å². The van der Waals surface area contributed by atoms with E-state index >= 15 is 0 Å². The highest BCUT2D eigenvalue weighted by Gasteiger charge is 2.26. The Morgan fingerprint density at radius 3 is 2.48 bits per heavy atom. The normalized spacial score (nSPS) is 16.4. The minimum Gasteiger partial charge on any atom is -0.497 e. The van der Waals surface area contributed by atoms with Crippen molar-refractivity contribution in [3.05, 3.63) is 59.2 Å². The first-order valence-corrected chi connectivity index (χ1v) is 10.8. The molecule has 0 radical (unpaired) electrons. The first-order valence-electron chi connectivity index (χ1n) is 9.35. The van der Waals surface area contributed by atoms with Crippen molar-refractivity contribution < 1.29 is 13.2 Å². The maximum absolute atomic E-state index is 12.8. The van der Waals surface area contributed by atoms with Crippen LogP contribution >= 0.6 is 0 Å². The van der Waals surface area contributed by atoms with E-state index in [2.05, 4.69) is 9.62 Å². The standard InChI is InChI=1S/C21H28N2O3S/c1-16-9-10-20(13-17(16)2)27(24,25)22-15-21(23-11-4-5-12-23)18-7-6-8-19(14-18)26-3/h6-10,13-14,21-22H,4-5,11-12,15H2,1-3H3. The van der Waals surface area contributed by atoms with Gasteiger partial charge in [0, 0.05) is 12.6 Å². The van der Waals surface area contributed by atoms with Gasteiger partial charge in [0.1, 0.15) is 5.75 Å². The summed E-state index contributed by atoms with van der Waals surface area (Å²) in [6, 6.07) is 13.1. The average molecular weight is 389 g/mol. The molecule has 2 aromatic carbocycles. The zero-order valence-electron chi connectivity index (χ0n) is 16.2. The van der Waals surface area contributed by atoms with Crippen LogP contribution in [0.15, 0.2) is 47.4 Å². The van der Waals surface area contributed by atoms with Gasteiger partial charge in [-0.2, -0.15) is 0 Å². The number of likely N-dealkylation sites (tertiary alicyclic amines) is 1. The molecule has 27 heavy (non-hydrogen) atoms. The van der Waals surface area contributed by atoms with Crippen LogP contribution < -0.4 is 9.46 Å². The van der Waals surface area contributed by atoms with Crippen LogP contribution in [0.25, 0.3) is 0 Å². The third-order valence-electron chi connectivity index (χ3n) is 5.32. The van der Waals surface area contributed by atoms with Gasteiger partial charge in [-0.15, -0.1) is 0 Å². The summed E-state index contributed by atoms with van der Waals surface area (Å²) in [4.78, 5) is 2.66. The Morgan fingerprint density at radius 1 is 1.07 bits per heavy atom. The molecule has 146 valence electrons. The van der Waals surface area contributed by atoms with Gasteiger partial charge >= 0.3 is 0 Å². The highest BCUT2D eigenvalue weighted by Crippen LogP contribution is 2.27. The van der Waals surface area contributed by atoms with Crippen LogP contribution in [0.1, 0.15) is 35.6 Å². The lowest BCUT2D eigenvalue weighted by atomic mass is 10.1. The lowest BCUT2D eigenvalue weighted by Gasteiger charge is -2.28. The Bertz CT molecular complexity index is 890. The number of hydrogen-bond donors (Lipinski definition) is 1. The van der Waals surface area contributed by atoms with E-state index in [1.807, 2.05) is 44.2 Å².